The zero-order valence-corrected chi connectivity index (χ0v) is 16.2. The van der Waals surface area contributed by atoms with Crippen molar-refractivity contribution in [2.24, 2.45) is 7.05 Å². The molecule has 2 aromatic heterocycles. The summed E-state index contributed by atoms with van der Waals surface area (Å²) in [6.45, 7) is 1.94. The Labute approximate surface area is 159 Å². The SMILES string of the molecule is CC(NC(=O)CSc1nnc(-c2cccs2)n1C)c1cccc(Cl)c1. The quantitative estimate of drug-likeness (QED) is 0.639. The van der Waals surface area contributed by atoms with Gasteiger partial charge in [0, 0.05) is 12.1 Å². The van der Waals surface area contributed by atoms with Crippen LogP contribution in [-0.2, 0) is 11.8 Å². The average Bonchev–Trinajstić information content (AvgIpc) is 3.22. The predicted molar refractivity (Wildman–Crippen MR) is 103 cm³/mol. The molecule has 8 heteroatoms. The molecule has 0 saturated carbocycles. The number of thiophene rings is 1. The van der Waals surface area contributed by atoms with Gasteiger partial charge < -0.3 is 9.88 Å². The zero-order valence-electron chi connectivity index (χ0n) is 13.8. The highest BCUT2D eigenvalue weighted by atomic mass is 35.5. The Hall–Kier alpha value is -1.83. The van der Waals surface area contributed by atoms with Crippen LogP contribution in [0.5, 0.6) is 0 Å². The van der Waals surface area contributed by atoms with Gasteiger partial charge in [-0.05, 0) is 36.1 Å². The van der Waals surface area contributed by atoms with Crippen LogP contribution in [0.4, 0.5) is 0 Å². The van der Waals surface area contributed by atoms with Crippen molar-refractivity contribution in [3.63, 3.8) is 0 Å². The van der Waals surface area contributed by atoms with Crippen LogP contribution < -0.4 is 5.32 Å². The summed E-state index contributed by atoms with van der Waals surface area (Å²) >= 11 is 8.98. The number of carbonyl (C=O) groups excluding carboxylic acids is 1. The summed E-state index contributed by atoms with van der Waals surface area (Å²) in [5, 5.41) is 14.7. The molecule has 2 heterocycles. The molecule has 130 valence electrons. The number of benzene rings is 1. The Kier molecular flexibility index (Phi) is 5.78. The number of amides is 1. The molecule has 1 aromatic carbocycles. The molecule has 0 saturated heterocycles. The smallest absolute Gasteiger partial charge is 0.230 e. The third-order valence-corrected chi connectivity index (χ3v) is 5.76. The Balaban J connectivity index is 1.58. The van der Waals surface area contributed by atoms with E-state index in [2.05, 4.69) is 15.5 Å². The van der Waals surface area contributed by atoms with Gasteiger partial charge in [0.25, 0.3) is 0 Å². The summed E-state index contributed by atoms with van der Waals surface area (Å²) in [4.78, 5) is 13.3. The van der Waals surface area contributed by atoms with E-state index in [1.165, 1.54) is 11.8 Å². The topological polar surface area (TPSA) is 59.8 Å². The molecule has 1 N–H and O–H groups in total. The van der Waals surface area contributed by atoms with E-state index in [1.54, 1.807) is 11.3 Å². The van der Waals surface area contributed by atoms with E-state index in [0.717, 1.165) is 16.3 Å². The fraction of sp³-hybridized carbons (Fsp3) is 0.235. The van der Waals surface area contributed by atoms with Gasteiger partial charge >= 0.3 is 0 Å². The maximum absolute atomic E-state index is 12.2. The summed E-state index contributed by atoms with van der Waals surface area (Å²) < 4.78 is 1.91. The van der Waals surface area contributed by atoms with Gasteiger partial charge in [-0.3, -0.25) is 4.79 Å². The van der Waals surface area contributed by atoms with Crippen molar-refractivity contribution in [1.82, 2.24) is 20.1 Å². The lowest BCUT2D eigenvalue weighted by molar-refractivity contribution is -0.119. The minimum Gasteiger partial charge on any atom is -0.349 e. The third kappa shape index (κ3) is 4.42. The van der Waals surface area contributed by atoms with Crippen LogP contribution >= 0.6 is 34.7 Å². The molecule has 1 amide bonds. The third-order valence-electron chi connectivity index (χ3n) is 3.63. The zero-order chi connectivity index (χ0) is 17.8. The Morgan fingerprint density at radius 3 is 2.92 bits per heavy atom. The van der Waals surface area contributed by atoms with Gasteiger partial charge in [-0.1, -0.05) is 41.6 Å². The normalized spacial score (nSPS) is 12.1. The fourth-order valence-corrected chi connectivity index (χ4v) is 4.00. The monoisotopic (exact) mass is 392 g/mol. The lowest BCUT2D eigenvalue weighted by Crippen LogP contribution is -2.28. The minimum absolute atomic E-state index is 0.0573. The second-order valence-electron chi connectivity index (χ2n) is 5.48. The van der Waals surface area contributed by atoms with E-state index < -0.39 is 0 Å². The largest absolute Gasteiger partial charge is 0.349 e. The van der Waals surface area contributed by atoms with Crippen molar-refractivity contribution >= 4 is 40.6 Å². The first-order chi connectivity index (χ1) is 12.0. The first-order valence-corrected chi connectivity index (χ1v) is 9.90. The number of nitrogens with one attached hydrogen (secondary N) is 1. The molecule has 5 nitrogen and oxygen atoms in total. The number of rotatable bonds is 6. The summed E-state index contributed by atoms with van der Waals surface area (Å²) in [5.74, 6) is 1.03. The van der Waals surface area contributed by atoms with Crippen LogP contribution in [-0.4, -0.2) is 26.4 Å². The minimum atomic E-state index is -0.104. The number of hydrogen-bond donors (Lipinski definition) is 1. The summed E-state index contributed by atoms with van der Waals surface area (Å²) in [5.41, 5.74) is 0.976. The van der Waals surface area contributed by atoms with Crippen molar-refractivity contribution in [2.75, 3.05) is 5.75 Å². The highest BCUT2D eigenvalue weighted by Crippen LogP contribution is 2.26. The van der Waals surface area contributed by atoms with Crippen LogP contribution in [0, 0.1) is 0 Å². The number of hydrogen-bond acceptors (Lipinski definition) is 5. The van der Waals surface area contributed by atoms with E-state index in [-0.39, 0.29) is 17.7 Å². The molecule has 0 aliphatic heterocycles. The van der Waals surface area contributed by atoms with Crippen LogP contribution in [0.25, 0.3) is 10.7 Å². The predicted octanol–water partition coefficient (Wildman–Crippen LogP) is 4.17. The first kappa shape index (κ1) is 18.0. The highest BCUT2D eigenvalue weighted by molar-refractivity contribution is 7.99. The van der Waals surface area contributed by atoms with Crippen LogP contribution in [0.3, 0.4) is 0 Å². The summed E-state index contributed by atoms with van der Waals surface area (Å²) in [6.07, 6.45) is 0. The lowest BCUT2D eigenvalue weighted by atomic mass is 10.1. The first-order valence-electron chi connectivity index (χ1n) is 7.65. The van der Waals surface area contributed by atoms with E-state index in [4.69, 9.17) is 11.6 Å². The molecule has 0 spiro atoms. The standard InChI is InChI=1S/C17H17ClN4OS2/c1-11(12-5-3-6-13(18)9-12)19-15(23)10-25-17-21-20-16(22(17)2)14-7-4-8-24-14/h3-9,11H,10H2,1-2H3,(H,19,23). The summed E-state index contributed by atoms with van der Waals surface area (Å²) in [6, 6.07) is 11.4. The Morgan fingerprint density at radius 2 is 2.20 bits per heavy atom. The molecule has 0 fully saturated rings. The molecular formula is C17H17ClN4OS2. The van der Waals surface area contributed by atoms with E-state index in [9.17, 15) is 4.79 Å². The molecule has 25 heavy (non-hydrogen) atoms. The van der Waals surface area contributed by atoms with Crippen molar-refractivity contribution in [2.45, 2.75) is 18.1 Å². The van der Waals surface area contributed by atoms with Crippen LogP contribution in [0.15, 0.2) is 46.9 Å². The van der Waals surface area contributed by atoms with Gasteiger partial charge in [-0.2, -0.15) is 0 Å². The Bertz CT molecular complexity index is 863. The summed E-state index contributed by atoms with van der Waals surface area (Å²) in [7, 11) is 1.91. The molecule has 3 rings (SSSR count). The average molecular weight is 393 g/mol. The number of nitrogens with zero attached hydrogens (tertiary/aromatic N) is 3. The van der Waals surface area contributed by atoms with Crippen LogP contribution in [0.2, 0.25) is 5.02 Å². The van der Waals surface area contributed by atoms with Crippen molar-refractivity contribution in [3.05, 3.63) is 52.4 Å². The van der Waals surface area contributed by atoms with Crippen molar-refractivity contribution in [3.8, 4) is 10.7 Å². The van der Waals surface area contributed by atoms with E-state index >= 15 is 0 Å². The van der Waals surface area contributed by atoms with Crippen LogP contribution in [0.1, 0.15) is 18.5 Å². The van der Waals surface area contributed by atoms with Gasteiger partial charge in [0.05, 0.1) is 16.7 Å². The van der Waals surface area contributed by atoms with Crippen molar-refractivity contribution in [1.29, 1.82) is 0 Å². The second kappa shape index (κ2) is 8.03. The lowest BCUT2D eigenvalue weighted by Gasteiger charge is -2.14. The number of thioether (sulfide) groups is 1. The van der Waals surface area contributed by atoms with Gasteiger partial charge in [-0.25, -0.2) is 0 Å². The molecule has 0 aliphatic rings. The molecule has 0 radical (unpaired) electrons. The molecule has 0 aliphatic carbocycles. The van der Waals surface area contributed by atoms with Gasteiger partial charge in [0.1, 0.15) is 0 Å². The van der Waals surface area contributed by atoms with E-state index in [1.807, 2.05) is 60.3 Å². The number of aromatic nitrogens is 3. The maximum atomic E-state index is 12.2. The molecule has 1 atom stereocenters. The number of halogens is 1. The van der Waals surface area contributed by atoms with E-state index in [0.29, 0.717) is 10.2 Å². The molecular weight excluding hydrogens is 376 g/mol. The second-order valence-corrected chi connectivity index (χ2v) is 7.80. The molecule has 1 unspecified atom stereocenters. The van der Waals surface area contributed by atoms with Crippen molar-refractivity contribution < 1.29 is 4.79 Å². The highest BCUT2D eigenvalue weighted by Gasteiger charge is 2.15. The molecule has 3 aromatic rings. The Morgan fingerprint density at radius 1 is 1.36 bits per heavy atom. The van der Waals surface area contributed by atoms with Gasteiger partial charge in [-0.15, -0.1) is 21.5 Å². The molecule has 0 bridgehead atoms. The number of carbonyl (C=O) groups is 1. The maximum Gasteiger partial charge on any atom is 0.230 e. The van der Waals surface area contributed by atoms with Gasteiger partial charge in [0.2, 0.25) is 5.91 Å². The fourth-order valence-electron chi connectivity index (χ4n) is 2.33. The van der Waals surface area contributed by atoms with Gasteiger partial charge in [0.15, 0.2) is 11.0 Å².